The van der Waals surface area contributed by atoms with Crippen LogP contribution in [0, 0.1) is 5.82 Å². The molecule has 4 nitrogen and oxygen atoms in total. The maximum absolute atomic E-state index is 12.9. The van der Waals surface area contributed by atoms with Gasteiger partial charge in [-0.05, 0) is 64.8 Å². The standard InChI is InChI=1S/C18H16BrFO4/c1-11(18(22)13-4-6-14(20)7-5-13)24-17(21)10-12-3-8-16(23-2)15(19)9-12/h3-9,11H,10H2,1-2H3. The van der Waals surface area contributed by atoms with Gasteiger partial charge in [0.2, 0.25) is 5.78 Å². The van der Waals surface area contributed by atoms with Crippen LogP contribution in [0.5, 0.6) is 5.75 Å². The molecule has 2 aromatic carbocycles. The highest BCUT2D eigenvalue weighted by Gasteiger charge is 2.20. The Balaban J connectivity index is 1.97. The summed E-state index contributed by atoms with van der Waals surface area (Å²) >= 11 is 3.35. The van der Waals surface area contributed by atoms with Crippen molar-refractivity contribution < 1.29 is 23.5 Å². The van der Waals surface area contributed by atoms with Crippen LogP contribution in [-0.2, 0) is 16.0 Å². The van der Waals surface area contributed by atoms with E-state index in [-0.39, 0.29) is 12.2 Å². The molecule has 1 unspecified atom stereocenters. The van der Waals surface area contributed by atoms with Crippen molar-refractivity contribution in [2.45, 2.75) is 19.4 Å². The number of methoxy groups -OCH3 is 1. The fraction of sp³-hybridized carbons (Fsp3) is 0.222. The molecular weight excluding hydrogens is 379 g/mol. The van der Waals surface area contributed by atoms with Crippen molar-refractivity contribution in [1.82, 2.24) is 0 Å². The minimum absolute atomic E-state index is 0.0314. The van der Waals surface area contributed by atoms with Gasteiger partial charge in [-0.25, -0.2) is 4.39 Å². The Morgan fingerprint density at radius 1 is 1.17 bits per heavy atom. The Labute approximate surface area is 147 Å². The number of ether oxygens (including phenoxy) is 2. The summed E-state index contributed by atoms with van der Waals surface area (Å²) in [6, 6.07) is 10.3. The summed E-state index contributed by atoms with van der Waals surface area (Å²) in [5, 5.41) is 0. The van der Waals surface area contributed by atoms with E-state index >= 15 is 0 Å². The van der Waals surface area contributed by atoms with E-state index in [9.17, 15) is 14.0 Å². The zero-order valence-electron chi connectivity index (χ0n) is 13.2. The molecule has 6 heteroatoms. The van der Waals surface area contributed by atoms with Gasteiger partial charge in [0.05, 0.1) is 18.0 Å². The second kappa shape index (κ2) is 8.06. The topological polar surface area (TPSA) is 52.6 Å². The smallest absolute Gasteiger partial charge is 0.310 e. The molecule has 0 aromatic heterocycles. The van der Waals surface area contributed by atoms with Crippen molar-refractivity contribution in [1.29, 1.82) is 0 Å². The Kier molecular flexibility index (Phi) is 6.09. The first-order valence-electron chi connectivity index (χ1n) is 7.22. The summed E-state index contributed by atoms with van der Waals surface area (Å²) in [7, 11) is 1.55. The van der Waals surface area contributed by atoms with Crippen molar-refractivity contribution >= 4 is 27.7 Å². The summed E-state index contributed by atoms with van der Waals surface area (Å²) in [5.41, 5.74) is 1.03. The van der Waals surface area contributed by atoms with Crippen LogP contribution < -0.4 is 4.74 Å². The number of hydrogen-bond donors (Lipinski definition) is 0. The molecule has 2 aromatic rings. The lowest BCUT2D eigenvalue weighted by Gasteiger charge is -2.13. The molecule has 0 bridgehead atoms. The maximum atomic E-state index is 12.9. The number of carbonyl (C=O) groups is 2. The lowest BCUT2D eigenvalue weighted by atomic mass is 10.1. The summed E-state index contributed by atoms with van der Waals surface area (Å²) < 4.78 is 23.9. The molecule has 0 heterocycles. The average Bonchev–Trinajstić information content (AvgIpc) is 2.55. The molecular formula is C18H16BrFO4. The van der Waals surface area contributed by atoms with Gasteiger partial charge in [0.25, 0.3) is 0 Å². The van der Waals surface area contributed by atoms with Gasteiger partial charge in [-0.2, -0.15) is 0 Å². The van der Waals surface area contributed by atoms with E-state index in [2.05, 4.69) is 15.9 Å². The average molecular weight is 395 g/mol. The van der Waals surface area contributed by atoms with Crippen LogP contribution in [0.4, 0.5) is 4.39 Å². The Bertz CT molecular complexity index is 743. The molecule has 0 saturated heterocycles. The zero-order chi connectivity index (χ0) is 17.7. The van der Waals surface area contributed by atoms with E-state index in [0.717, 1.165) is 10.0 Å². The van der Waals surface area contributed by atoms with E-state index in [0.29, 0.717) is 11.3 Å². The normalized spacial score (nSPS) is 11.7. The fourth-order valence-electron chi connectivity index (χ4n) is 2.13. The van der Waals surface area contributed by atoms with Gasteiger partial charge in [-0.3, -0.25) is 9.59 Å². The Hall–Kier alpha value is -2.21. The summed E-state index contributed by atoms with van der Waals surface area (Å²) in [6.07, 6.45) is -0.909. The van der Waals surface area contributed by atoms with Crippen LogP contribution >= 0.6 is 15.9 Å². The first-order chi connectivity index (χ1) is 11.4. The predicted octanol–water partition coefficient (Wildman–Crippen LogP) is 3.95. The van der Waals surface area contributed by atoms with Crippen molar-refractivity contribution in [3.8, 4) is 5.75 Å². The number of halogens is 2. The number of benzene rings is 2. The van der Waals surface area contributed by atoms with Crippen LogP contribution in [0.15, 0.2) is 46.9 Å². The number of Topliss-reactive ketones (excluding diaryl/α,β-unsaturated/α-hetero) is 1. The van der Waals surface area contributed by atoms with E-state index in [4.69, 9.17) is 9.47 Å². The number of carbonyl (C=O) groups excluding carboxylic acids is 2. The van der Waals surface area contributed by atoms with Crippen LogP contribution in [0.3, 0.4) is 0 Å². The molecule has 0 amide bonds. The van der Waals surface area contributed by atoms with Crippen LogP contribution in [0.25, 0.3) is 0 Å². The Morgan fingerprint density at radius 2 is 1.83 bits per heavy atom. The molecule has 0 fully saturated rings. The monoisotopic (exact) mass is 394 g/mol. The summed E-state index contributed by atoms with van der Waals surface area (Å²) in [5.74, 6) is -0.664. The van der Waals surface area contributed by atoms with E-state index in [1.807, 2.05) is 0 Å². The first kappa shape index (κ1) is 18.1. The largest absolute Gasteiger partial charge is 0.496 e. The van der Waals surface area contributed by atoms with Crippen LogP contribution in [0.1, 0.15) is 22.8 Å². The van der Waals surface area contributed by atoms with E-state index < -0.39 is 17.9 Å². The van der Waals surface area contributed by atoms with Crippen molar-refractivity contribution in [2.75, 3.05) is 7.11 Å². The molecule has 0 saturated carbocycles. The fourth-order valence-corrected chi connectivity index (χ4v) is 2.72. The lowest BCUT2D eigenvalue weighted by molar-refractivity contribution is -0.145. The third-order valence-corrected chi connectivity index (χ3v) is 3.99. The first-order valence-corrected chi connectivity index (χ1v) is 8.01. The van der Waals surface area contributed by atoms with Crippen LogP contribution in [0.2, 0.25) is 0 Å². The van der Waals surface area contributed by atoms with Gasteiger partial charge in [-0.15, -0.1) is 0 Å². The highest BCUT2D eigenvalue weighted by Crippen LogP contribution is 2.25. The van der Waals surface area contributed by atoms with Crippen molar-refractivity contribution in [3.63, 3.8) is 0 Å². The number of esters is 1. The predicted molar refractivity (Wildman–Crippen MR) is 90.7 cm³/mol. The third kappa shape index (κ3) is 4.64. The van der Waals surface area contributed by atoms with Gasteiger partial charge in [0.15, 0.2) is 6.10 Å². The second-order valence-corrected chi connectivity index (χ2v) is 6.00. The third-order valence-electron chi connectivity index (χ3n) is 3.37. The van der Waals surface area contributed by atoms with Gasteiger partial charge in [-0.1, -0.05) is 6.07 Å². The van der Waals surface area contributed by atoms with Gasteiger partial charge < -0.3 is 9.47 Å². The lowest BCUT2D eigenvalue weighted by Crippen LogP contribution is -2.25. The quantitative estimate of drug-likeness (QED) is 0.549. The molecule has 0 radical (unpaired) electrons. The van der Waals surface area contributed by atoms with Crippen LogP contribution in [-0.4, -0.2) is 25.0 Å². The zero-order valence-corrected chi connectivity index (χ0v) is 14.8. The second-order valence-electron chi connectivity index (χ2n) is 5.15. The number of hydrogen-bond acceptors (Lipinski definition) is 4. The highest BCUT2D eigenvalue weighted by atomic mass is 79.9. The molecule has 2 rings (SSSR count). The summed E-state index contributed by atoms with van der Waals surface area (Å²) in [6.45, 7) is 1.49. The molecule has 0 aliphatic rings. The van der Waals surface area contributed by atoms with Gasteiger partial charge in [0.1, 0.15) is 11.6 Å². The molecule has 0 spiro atoms. The van der Waals surface area contributed by atoms with E-state index in [1.54, 1.807) is 25.3 Å². The number of rotatable bonds is 6. The molecule has 0 N–H and O–H groups in total. The van der Waals surface area contributed by atoms with E-state index in [1.165, 1.54) is 31.2 Å². The van der Waals surface area contributed by atoms with Gasteiger partial charge >= 0.3 is 5.97 Å². The maximum Gasteiger partial charge on any atom is 0.310 e. The van der Waals surface area contributed by atoms with Gasteiger partial charge in [0, 0.05) is 5.56 Å². The highest BCUT2D eigenvalue weighted by molar-refractivity contribution is 9.10. The van der Waals surface area contributed by atoms with Crippen molar-refractivity contribution in [2.24, 2.45) is 0 Å². The minimum atomic E-state index is -0.940. The summed E-state index contributed by atoms with van der Waals surface area (Å²) in [4.78, 5) is 24.2. The molecule has 126 valence electrons. The molecule has 1 atom stereocenters. The SMILES string of the molecule is COc1ccc(CC(=O)OC(C)C(=O)c2ccc(F)cc2)cc1Br. The Morgan fingerprint density at radius 3 is 2.42 bits per heavy atom. The molecule has 0 aliphatic heterocycles. The minimum Gasteiger partial charge on any atom is -0.496 e. The molecule has 24 heavy (non-hydrogen) atoms. The molecule has 0 aliphatic carbocycles. The number of ketones is 1. The van der Waals surface area contributed by atoms with Crippen molar-refractivity contribution in [3.05, 3.63) is 63.9 Å².